The van der Waals surface area contributed by atoms with Gasteiger partial charge in [0.2, 0.25) is 5.91 Å². The van der Waals surface area contributed by atoms with Crippen LogP contribution in [-0.4, -0.2) is 23.5 Å². The number of aryl methyl sites for hydroxylation is 2. The maximum Gasteiger partial charge on any atom is 0.227 e. The van der Waals surface area contributed by atoms with Gasteiger partial charge < -0.3 is 10.6 Å². The average molecular weight is 247 g/mol. The highest BCUT2D eigenvalue weighted by atomic mass is 16.1. The number of nitrogens with one attached hydrogen (secondary N) is 2. The van der Waals surface area contributed by atoms with Gasteiger partial charge in [-0.05, 0) is 52.3 Å². The number of carbonyl (C=O) groups is 1. The number of aromatic nitrogens is 1. The van der Waals surface area contributed by atoms with E-state index in [-0.39, 0.29) is 11.8 Å². The molecule has 4 nitrogen and oxygen atoms in total. The molecule has 0 bridgehead atoms. The number of hydrogen-bond acceptors (Lipinski definition) is 3. The third kappa shape index (κ3) is 3.07. The number of rotatable bonds is 2. The number of hydrogen-bond donors (Lipinski definition) is 2. The highest BCUT2D eigenvalue weighted by Crippen LogP contribution is 2.20. The minimum absolute atomic E-state index is 0.113. The quantitative estimate of drug-likeness (QED) is 0.840. The predicted octanol–water partition coefficient (Wildman–Crippen LogP) is 2.03. The van der Waals surface area contributed by atoms with Gasteiger partial charge in [0.15, 0.2) is 0 Å². The molecule has 1 aliphatic rings. The van der Waals surface area contributed by atoms with Crippen LogP contribution in [0.15, 0.2) is 12.1 Å². The zero-order valence-electron chi connectivity index (χ0n) is 11.3. The van der Waals surface area contributed by atoms with Crippen LogP contribution < -0.4 is 10.6 Å². The molecular formula is C14H21N3O. The van der Waals surface area contributed by atoms with Crippen molar-refractivity contribution in [3.05, 3.63) is 23.5 Å². The zero-order chi connectivity index (χ0) is 13.1. The third-order valence-electron chi connectivity index (χ3n) is 3.48. The smallest absolute Gasteiger partial charge is 0.227 e. The van der Waals surface area contributed by atoms with Crippen molar-refractivity contribution in [1.29, 1.82) is 0 Å². The molecule has 0 aliphatic carbocycles. The maximum atomic E-state index is 12.2. The van der Waals surface area contributed by atoms with Crippen molar-refractivity contribution in [2.75, 3.05) is 11.9 Å². The molecule has 2 N–H and O–H groups in total. The molecule has 0 spiro atoms. The van der Waals surface area contributed by atoms with Crippen molar-refractivity contribution < 1.29 is 4.79 Å². The lowest BCUT2D eigenvalue weighted by molar-refractivity contribution is -0.120. The fourth-order valence-electron chi connectivity index (χ4n) is 2.42. The first kappa shape index (κ1) is 13.0. The Kier molecular flexibility index (Phi) is 3.97. The Morgan fingerprint density at radius 2 is 2.22 bits per heavy atom. The minimum Gasteiger partial charge on any atom is -0.324 e. The van der Waals surface area contributed by atoms with Gasteiger partial charge in [-0.3, -0.25) is 9.78 Å². The van der Waals surface area contributed by atoms with Gasteiger partial charge in [-0.2, -0.15) is 0 Å². The van der Waals surface area contributed by atoms with E-state index in [4.69, 9.17) is 0 Å². The number of pyridine rings is 1. The number of amides is 1. The van der Waals surface area contributed by atoms with E-state index in [9.17, 15) is 4.79 Å². The standard InChI is InChI=1S/C14H21N3O/c1-9-4-5-13(11(3)16-9)17-14(18)12-6-7-15-10(2)8-12/h4-5,10,12,15H,6-8H2,1-3H3,(H,17,18). The Hall–Kier alpha value is -1.42. The molecule has 1 aromatic heterocycles. The van der Waals surface area contributed by atoms with Gasteiger partial charge >= 0.3 is 0 Å². The van der Waals surface area contributed by atoms with Gasteiger partial charge in [0, 0.05) is 17.7 Å². The van der Waals surface area contributed by atoms with Crippen LogP contribution in [-0.2, 0) is 4.79 Å². The van der Waals surface area contributed by atoms with Gasteiger partial charge in [0.1, 0.15) is 0 Å². The van der Waals surface area contributed by atoms with Crippen molar-refractivity contribution in [3.8, 4) is 0 Å². The van der Waals surface area contributed by atoms with Crippen LogP contribution in [0.3, 0.4) is 0 Å². The summed E-state index contributed by atoms with van der Waals surface area (Å²) < 4.78 is 0. The predicted molar refractivity (Wildman–Crippen MR) is 72.5 cm³/mol. The summed E-state index contributed by atoms with van der Waals surface area (Å²) in [5.41, 5.74) is 2.68. The van der Waals surface area contributed by atoms with Crippen LogP contribution >= 0.6 is 0 Å². The number of piperidine rings is 1. The molecule has 4 heteroatoms. The van der Waals surface area contributed by atoms with Crippen LogP contribution in [0, 0.1) is 19.8 Å². The average Bonchev–Trinajstić information content (AvgIpc) is 2.32. The van der Waals surface area contributed by atoms with Crippen LogP contribution in [0.1, 0.15) is 31.2 Å². The molecule has 1 aromatic rings. The van der Waals surface area contributed by atoms with Crippen molar-refractivity contribution in [3.63, 3.8) is 0 Å². The number of carbonyl (C=O) groups excluding carboxylic acids is 1. The molecule has 2 unspecified atom stereocenters. The summed E-state index contributed by atoms with van der Waals surface area (Å²) >= 11 is 0. The van der Waals surface area contributed by atoms with E-state index in [1.807, 2.05) is 26.0 Å². The Morgan fingerprint density at radius 1 is 1.44 bits per heavy atom. The van der Waals surface area contributed by atoms with E-state index in [2.05, 4.69) is 22.5 Å². The van der Waals surface area contributed by atoms with Crippen LogP contribution in [0.5, 0.6) is 0 Å². The lowest BCUT2D eigenvalue weighted by atomic mass is 9.92. The van der Waals surface area contributed by atoms with E-state index in [1.54, 1.807) is 0 Å². The normalized spacial score (nSPS) is 23.7. The highest BCUT2D eigenvalue weighted by Gasteiger charge is 2.24. The van der Waals surface area contributed by atoms with Gasteiger partial charge in [0.25, 0.3) is 0 Å². The second-order valence-corrected chi connectivity index (χ2v) is 5.15. The fourth-order valence-corrected chi connectivity index (χ4v) is 2.42. The first-order valence-electron chi connectivity index (χ1n) is 6.55. The minimum atomic E-state index is 0.113. The summed E-state index contributed by atoms with van der Waals surface area (Å²) in [4.78, 5) is 16.5. The zero-order valence-corrected chi connectivity index (χ0v) is 11.3. The molecule has 98 valence electrons. The largest absolute Gasteiger partial charge is 0.324 e. The Labute approximate surface area is 108 Å². The topological polar surface area (TPSA) is 54.0 Å². The van der Waals surface area contributed by atoms with E-state index < -0.39 is 0 Å². The Balaban J connectivity index is 2.02. The van der Waals surface area contributed by atoms with Crippen LogP contribution in [0.4, 0.5) is 5.69 Å². The summed E-state index contributed by atoms with van der Waals surface area (Å²) in [6.45, 7) is 6.92. The van der Waals surface area contributed by atoms with Gasteiger partial charge in [-0.1, -0.05) is 0 Å². The van der Waals surface area contributed by atoms with Crippen LogP contribution in [0.2, 0.25) is 0 Å². The van der Waals surface area contributed by atoms with Crippen LogP contribution in [0.25, 0.3) is 0 Å². The van der Waals surface area contributed by atoms with E-state index in [0.29, 0.717) is 6.04 Å². The fraction of sp³-hybridized carbons (Fsp3) is 0.571. The van der Waals surface area contributed by atoms with Gasteiger partial charge in [-0.25, -0.2) is 0 Å². The molecule has 2 rings (SSSR count). The molecule has 2 atom stereocenters. The summed E-state index contributed by atoms with van der Waals surface area (Å²) in [5.74, 6) is 0.235. The summed E-state index contributed by atoms with van der Waals surface area (Å²) in [6, 6.07) is 4.28. The second-order valence-electron chi connectivity index (χ2n) is 5.15. The monoisotopic (exact) mass is 247 g/mol. The van der Waals surface area contributed by atoms with Crippen molar-refractivity contribution in [2.45, 2.75) is 39.7 Å². The first-order chi connectivity index (χ1) is 8.56. The Morgan fingerprint density at radius 3 is 2.89 bits per heavy atom. The molecule has 1 saturated heterocycles. The Bertz CT molecular complexity index is 445. The lowest BCUT2D eigenvalue weighted by Crippen LogP contribution is -2.40. The van der Waals surface area contributed by atoms with Crippen molar-refractivity contribution in [2.24, 2.45) is 5.92 Å². The number of anilines is 1. The third-order valence-corrected chi connectivity index (χ3v) is 3.48. The number of nitrogens with zero attached hydrogens (tertiary/aromatic N) is 1. The SMILES string of the molecule is Cc1ccc(NC(=O)C2CCNC(C)C2)c(C)n1. The first-order valence-corrected chi connectivity index (χ1v) is 6.55. The van der Waals surface area contributed by atoms with Gasteiger partial charge in [0.05, 0.1) is 11.4 Å². The van der Waals surface area contributed by atoms with Crippen molar-refractivity contribution >= 4 is 11.6 Å². The second kappa shape index (κ2) is 5.48. The van der Waals surface area contributed by atoms with Crippen molar-refractivity contribution in [1.82, 2.24) is 10.3 Å². The maximum absolute atomic E-state index is 12.2. The summed E-state index contributed by atoms with van der Waals surface area (Å²) in [7, 11) is 0. The molecule has 0 radical (unpaired) electrons. The van der Waals surface area contributed by atoms with E-state index >= 15 is 0 Å². The molecule has 18 heavy (non-hydrogen) atoms. The lowest BCUT2D eigenvalue weighted by Gasteiger charge is -2.27. The van der Waals surface area contributed by atoms with E-state index in [0.717, 1.165) is 36.5 Å². The molecule has 1 aliphatic heterocycles. The summed E-state index contributed by atoms with van der Waals surface area (Å²) in [6.07, 6.45) is 1.82. The summed E-state index contributed by atoms with van der Waals surface area (Å²) in [5, 5.41) is 6.36. The highest BCUT2D eigenvalue weighted by molar-refractivity contribution is 5.93. The molecule has 1 amide bonds. The molecule has 0 aromatic carbocycles. The molecule has 2 heterocycles. The molecule has 0 saturated carbocycles. The molecule has 1 fully saturated rings. The van der Waals surface area contributed by atoms with E-state index in [1.165, 1.54) is 0 Å². The van der Waals surface area contributed by atoms with Gasteiger partial charge in [-0.15, -0.1) is 0 Å². The molecular weight excluding hydrogens is 226 g/mol.